The molecule has 37 heavy (non-hydrogen) atoms. The lowest BCUT2D eigenvalue weighted by Crippen LogP contribution is -2.27. The van der Waals surface area contributed by atoms with Gasteiger partial charge in [-0.15, -0.1) is 0 Å². The van der Waals surface area contributed by atoms with E-state index in [2.05, 4.69) is 15.6 Å². The van der Waals surface area contributed by atoms with Gasteiger partial charge in [0.05, 0.1) is 30.3 Å². The van der Waals surface area contributed by atoms with Gasteiger partial charge in [0.1, 0.15) is 17.2 Å². The van der Waals surface area contributed by atoms with E-state index in [1.807, 2.05) is 25.1 Å². The van der Waals surface area contributed by atoms with Crippen molar-refractivity contribution in [2.24, 2.45) is 5.92 Å². The molecule has 0 aliphatic heterocycles. The average molecular weight is 501 g/mol. The van der Waals surface area contributed by atoms with Crippen LogP contribution in [0.25, 0.3) is 11.0 Å². The zero-order valence-corrected chi connectivity index (χ0v) is 21.5. The van der Waals surface area contributed by atoms with Gasteiger partial charge >= 0.3 is 0 Å². The van der Waals surface area contributed by atoms with Crippen LogP contribution in [-0.2, 0) is 13.0 Å². The third-order valence-corrected chi connectivity index (χ3v) is 7.24. The SMILES string of the molecule is CCOc1ccc(Cc2cc3cc(N(C)C(=O)c4ccccc4F)cnc3n2CC2CCCCC2)nc1. The largest absolute Gasteiger partial charge is 0.492 e. The summed E-state index contributed by atoms with van der Waals surface area (Å²) in [5.41, 5.74) is 3.68. The van der Waals surface area contributed by atoms with Crippen molar-refractivity contribution < 1.29 is 13.9 Å². The van der Waals surface area contributed by atoms with E-state index in [0.717, 1.165) is 34.7 Å². The molecule has 6 nitrogen and oxygen atoms in total. The van der Waals surface area contributed by atoms with Crippen molar-refractivity contribution in [3.8, 4) is 5.75 Å². The summed E-state index contributed by atoms with van der Waals surface area (Å²) in [6.07, 6.45) is 10.5. The summed E-state index contributed by atoms with van der Waals surface area (Å²) in [5, 5.41) is 0.961. The second kappa shape index (κ2) is 11.1. The number of nitrogens with zero attached hydrogens (tertiary/aromatic N) is 4. The minimum absolute atomic E-state index is 0.0437. The normalized spacial score (nSPS) is 14.1. The smallest absolute Gasteiger partial charge is 0.261 e. The van der Waals surface area contributed by atoms with E-state index in [1.54, 1.807) is 31.6 Å². The highest BCUT2D eigenvalue weighted by molar-refractivity contribution is 6.06. The summed E-state index contributed by atoms with van der Waals surface area (Å²) in [6, 6.07) is 14.1. The van der Waals surface area contributed by atoms with E-state index in [-0.39, 0.29) is 5.56 Å². The second-order valence-electron chi connectivity index (χ2n) is 9.80. The summed E-state index contributed by atoms with van der Waals surface area (Å²) in [4.78, 5) is 23.9. The number of hydrogen-bond acceptors (Lipinski definition) is 4. The van der Waals surface area contributed by atoms with Crippen molar-refractivity contribution in [2.75, 3.05) is 18.6 Å². The van der Waals surface area contributed by atoms with Crippen LogP contribution in [-0.4, -0.2) is 34.1 Å². The lowest BCUT2D eigenvalue weighted by atomic mass is 9.89. The topological polar surface area (TPSA) is 60.2 Å². The van der Waals surface area contributed by atoms with Gasteiger partial charge < -0.3 is 14.2 Å². The van der Waals surface area contributed by atoms with Gasteiger partial charge in [-0.25, -0.2) is 9.37 Å². The van der Waals surface area contributed by atoms with Crippen molar-refractivity contribution in [1.29, 1.82) is 0 Å². The molecule has 0 saturated heterocycles. The Hall–Kier alpha value is -3.74. The monoisotopic (exact) mass is 500 g/mol. The van der Waals surface area contributed by atoms with Crippen LogP contribution >= 0.6 is 0 Å². The van der Waals surface area contributed by atoms with Crippen LogP contribution in [0.3, 0.4) is 0 Å². The number of carbonyl (C=O) groups is 1. The highest BCUT2D eigenvalue weighted by Gasteiger charge is 2.21. The van der Waals surface area contributed by atoms with E-state index >= 15 is 0 Å². The third-order valence-electron chi connectivity index (χ3n) is 7.24. The van der Waals surface area contributed by atoms with Crippen molar-refractivity contribution in [1.82, 2.24) is 14.5 Å². The maximum Gasteiger partial charge on any atom is 0.261 e. The molecule has 0 N–H and O–H groups in total. The number of pyridine rings is 2. The number of fused-ring (bicyclic) bond motifs is 1. The third kappa shape index (κ3) is 5.50. The van der Waals surface area contributed by atoms with Crippen molar-refractivity contribution in [3.63, 3.8) is 0 Å². The summed E-state index contributed by atoms with van der Waals surface area (Å²) in [5.74, 6) is 0.461. The lowest BCUT2D eigenvalue weighted by Gasteiger charge is -2.23. The van der Waals surface area contributed by atoms with E-state index in [1.165, 1.54) is 49.1 Å². The highest BCUT2D eigenvalue weighted by atomic mass is 19.1. The van der Waals surface area contributed by atoms with Gasteiger partial charge in [0, 0.05) is 36.8 Å². The Morgan fingerprint density at radius 1 is 1.08 bits per heavy atom. The Bertz CT molecular complexity index is 1380. The molecule has 4 aromatic rings. The summed E-state index contributed by atoms with van der Waals surface area (Å²) in [7, 11) is 1.65. The van der Waals surface area contributed by atoms with Crippen LogP contribution in [0.1, 0.15) is 60.8 Å². The zero-order chi connectivity index (χ0) is 25.8. The van der Waals surface area contributed by atoms with Crippen LogP contribution in [0.2, 0.25) is 0 Å². The Labute approximate surface area is 217 Å². The predicted octanol–water partition coefficient (Wildman–Crippen LogP) is 6.42. The van der Waals surface area contributed by atoms with Crippen molar-refractivity contribution in [3.05, 3.63) is 83.7 Å². The maximum absolute atomic E-state index is 14.2. The molecule has 5 rings (SSSR count). The Morgan fingerprint density at radius 3 is 2.62 bits per heavy atom. The van der Waals surface area contributed by atoms with E-state index in [0.29, 0.717) is 24.6 Å². The number of ether oxygens (including phenoxy) is 1. The fraction of sp³-hybridized carbons (Fsp3) is 0.367. The van der Waals surface area contributed by atoms with Gasteiger partial charge in [-0.2, -0.15) is 0 Å². The Kier molecular flexibility index (Phi) is 7.49. The molecule has 1 fully saturated rings. The van der Waals surface area contributed by atoms with Gasteiger partial charge in [-0.3, -0.25) is 9.78 Å². The molecule has 192 valence electrons. The molecule has 1 saturated carbocycles. The fourth-order valence-electron chi connectivity index (χ4n) is 5.24. The molecular weight excluding hydrogens is 467 g/mol. The standard InChI is InChI=1S/C30H33FN4O2/c1-3-37-26-14-13-23(32-19-26)17-24-15-22-16-25(34(2)30(36)27-11-7-8-12-28(27)31)18-33-29(22)35(24)20-21-9-5-4-6-10-21/h7-8,11-16,18-19,21H,3-6,9-10,17,20H2,1-2H3. The lowest BCUT2D eigenvalue weighted by molar-refractivity contribution is 0.0989. The summed E-state index contributed by atoms with van der Waals surface area (Å²) < 4.78 is 22.1. The van der Waals surface area contributed by atoms with Crippen LogP contribution in [0.4, 0.5) is 10.1 Å². The molecule has 0 unspecified atom stereocenters. The number of halogens is 1. The Morgan fingerprint density at radius 2 is 1.89 bits per heavy atom. The number of benzene rings is 1. The molecule has 7 heteroatoms. The number of carbonyl (C=O) groups excluding carboxylic acids is 1. The number of aromatic nitrogens is 3. The first-order valence-corrected chi connectivity index (χ1v) is 13.1. The molecule has 3 aromatic heterocycles. The fourth-order valence-corrected chi connectivity index (χ4v) is 5.24. The van der Waals surface area contributed by atoms with Gasteiger partial charge in [0.15, 0.2) is 0 Å². The van der Waals surface area contributed by atoms with Crippen LogP contribution in [0, 0.1) is 11.7 Å². The highest BCUT2D eigenvalue weighted by Crippen LogP contribution is 2.30. The molecule has 0 bridgehead atoms. The van der Waals surface area contributed by atoms with Gasteiger partial charge in [0.25, 0.3) is 5.91 Å². The average Bonchev–Trinajstić information content (AvgIpc) is 3.25. The van der Waals surface area contributed by atoms with Crippen LogP contribution in [0.5, 0.6) is 5.75 Å². The molecule has 1 aliphatic carbocycles. The summed E-state index contributed by atoms with van der Waals surface area (Å²) in [6.45, 7) is 3.49. The first-order chi connectivity index (χ1) is 18.0. The molecule has 0 radical (unpaired) electrons. The minimum Gasteiger partial charge on any atom is -0.492 e. The Balaban J connectivity index is 1.47. The first-order valence-electron chi connectivity index (χ1n) is 13.1. The number of hydrogen-bond donors (Lipinski definition) is 0. The number of rotatable bonds is 8. The van der Waals surface area contributed by atoms with Crippen molar-refractivity contribution >= 4 is 22.6 Å². The predicted molar refractivity (Wildman–Crippen MR) is 144 cm³/mol. The number of anilines is 1. The van der Waals surface area contributed by atoms with Crippen LogP contribution in [0.15, 0.2) is 60.9 Å². The van der Waals surface area contributed by atoms with Crippen molar-refractivity contribution in [2.45, 2.75) is 52.0 Å². The second-order valence-corrected chi connectivity index (χ2v) is 9.80. The molecule has 1 aromatic carbocycles. The summed E-state index contributed by atoms with van der Waals surface area (Å²) >= 11 is 0. The van der Waals surface area contributed by atoms with E-state index < -0.39 is 11.7 Å². The quantitative estimate of drug-likeness (QED) is 0.280. The van der Waals surface area contributed by atoms with E-state index in [9.17, 15) is 9.18 Å². The van der Waals surface area contributed by atoms with Crippen LogP contribution < -0.4 is 9.64 Å². The first kappa shape index (κ1) is 24.9. The van der Waals surface area contributed by atoms with Gasteiger partial charge in [-0.05, 0) is 62.1 Å². The number of amides is 1. The minimum atomic E-state index is -0.530. The van der Waals surface area contributed by atoms with E-state index in [4.69, 9.17) is 9.72 Å². The molecule has 1 aliphatic rings. The molecule has 3 heterocycles. The van der Waals surface area contributed by atoms with Gasteiger partial charge in [0.2, 0.25) is 0 Å². The maximum atomic E-state index is 14.2. The molecular formula is C30H33FN4O2. The zero-order valence-electron chi connectivity index (χ0n) is 21.5. The molecule has 1 amide bonds. The van der Waals surface area contributed by atoms with Gasteiger partial charge in [-0.1, -0.05) is 31.4 Å². The molecule has 0 atom stereocenters. The molecule has 0 spiro atoms.